The van der Waals surface area contributed by atoms with Crippen molar-refractivity contribution in [2.24, 2.45) is 0 Å². The lowest BCUT2D eigenvalue weighted by molar-refractivity contribution is 0.310. The predicted octanol–water partition coefficient (Wildman–Crippen LogP) is 2.26. The molecule has 0 amide bonds. The molecule has 1 unspecified atom stereocenters. The Kier molecular flexibility index (Phi) is 4.70. The molecular formula is C13H18N4OS. The molecule has 1 heterocycles. The number of ether oxygens (including phenoxy) is 1. The van der Waals surface area contributed by atoms with Crippen LogP contribution in [0.3, 0.4) is 0 Å². The number of hydrogen-bond acceptors (Lipinski definition) is 6. The summed E-state index contributed by atoms with van der Waals surface area (Å²) in [5.41, 5.74) is 2.93. The van der Waals surface area contributed by atoms with Gasteiger partial charge < -0.3 is 15.0 Å². The van der Waals surface area contributed by atoms with Gasteiger partial charge in [0, 0.05) is 6.54 Å². The molecule has 2 aromatic rings. The number of benzene rings is 1. The van der Waals surface area contributed by atoms with Crippen LogP contribution in [0.1, 0.15) is 11.6 Å². The Morgan fingerprint density at radius 3 is 2.89 bits per heavy atom. The summed E-state index contributed by atoms with van der Waals surface area (Å²) < 4.78 is 5.28. The van der Waals surface area contributed by atoms with E-state index in [-0.39, 0.29) is 6.04 Å². The van der Waals surface area contributed by atoms with Gasteiger partial charge >= 0.3 is 0 Å². The third-order valence-corrected chi connectivity index (χ3v) is 3.56. The van der Waals surface area contributed by atoms with E-state index in [1.54, 1.807) is 12.6 Å². The number of likely N-dealkylation sites (N-methyl/N-ethyl adjacent to an activating group) is 1. The minimum atomic E-state index is 0.249. The Labute approximate surface area is 117 Å². The molecule has 19 heavy (non-hydrogen) atoms. The summed E-state index contributed by atoms with van der Waals surface area (Å²) >= 11 is 1.50. The van der Waals surface area contributed by atoms with E-state index in [0.717, 1.165) is 17.4 Å². The highest BCUT2D eigenvalue weighted by Crippen LogP contribution is 2.23. The van der Waals surface area contributed by atoms with Crippen molar-refractivity contribution >= 4 is 16.5 Å². The lowest BCUT2D eigenvalue weighted by Gasteiger charge is -2.25. The first-order valence-corrected chi connectivity index (χ1v) is 6.89. The summed E-state index contributed by atoms with van der Waals surface area (Å²) in [5, 5.41) is 12.0. The van der Waals surface area contributed by atoms with Crippen LogP contribution < -0.4 is 10.1 Å². The van der Waals surface area contributed by atoms with E-state index in [2.05, 4.69) is 46.6 Å². The second-order valence-corrected chi connectivity index (χ2v) is 5.21. The molecule has 0 radical (unpaired) electrons. The summed E-state index contributed by atoms with van der Waals surface area (Å²) in [5.74, 6) is 0.875. The van der Waals surface area contributed by atoms with Crippen molar-refractivity contribution in [1.29, 1.82) is 0 Å². The summed E-state index contributed by atoms with van der Waals surface area (Å²) in [7, 11) is 5.81. The third-order valence-electron chi connectivity index (χ3n) is 2.91. The molecule has 1 atom stereocenters. The second-order valence-electron chi connectivity index (χ2n) is 4.38. The number of nitrogens with one attached hydrogen (secondary N) is 1. The molecule has 102 valence electrons. The average Bonchev–Trinajstić information content (AvgIpc) is 2.92. The van der Waals surface area contributed by atoms with E-state index in [4.69, 9.17) is 4.74 Å². The third kappa shape index (κ3) is 3.65. The highest BCUT2D eigenvalue weighted by Gasteiger charge is 2.15. The average molecular weight is 278 g/mol. The molecule has 0 fully saturated rings. The number of nitrogens with zero attached hydrogens (tertiary/aromatic N) is 3. The van der Waals surface area contributed by atoms with Crippen molar-refractivity contribution < 1.29 is 4.74 Å². The zero-order chi connectivity index (χ0) is 13.7. The van der Waals surface area contributed by atoms with Crippen molar-refractivity contribution in [3.63, 3.8) is 0 Å². The van der Waals surface area contributed by atoms with Crippen molar-refractivity contribution in [3.8, 4) is 5.75 Å². The molecule has 0 saturated heterocycles. The smallest absolute Gasteiger partial charge is 0.205 e. The zero-order valence-electron chi connectivity index (χ0n) is 11.3. The minimum absolute atomic E-state index is 0.249. The van der Waals surface area contributed by atoms with Gasteiger partial charge in [-0.15, -0.1) is 10.2 Å². The van der Waals surface area contributed by atoms with Crippen LogP contribution in [0.2, 0.25) is 0 Å². The molecule has 1 aromatic heterocycles. The van der Waals surface area contributed by atoms with Crippen LogP contribution in [-0.4, -0.2) is 42.8 Å². The van der Waals surface area contributed by atoms with E-state index in [1.165, 1.54) is 16.9 Å². The number of methoxy groups -OCH3 is 1. The number of rotatable bonds is 6. The van der Waals surface area contributed by atoms with Gasteiger partial charge in [0.25, 0.3) is 0 Å². The summed E-state index contributed by atoms with van der Waals surface area (Å²) in [4.78, 5) is 2.17. The molecule has 2 rings (SSSR count). The van der Waals surface area contributed by atoms with Gasteiger partial charge in [0.2, 0.25) is 5.13 Å². The van der Waals surface area contributed by atoms with Gasteiger partial charge in [-0.3, -0.25) is 0 Å². The molecule has 5 nitrogen and oxygen atoms in total. The van der Waals surface area contributed by atoms with Gasteiger partial charge in [-0.1, -0.05) is 23.5 Å². The lowest BCUT2D eigenvalue weighted by Crippen LogP contribution is -2.26. The largest absolute Gasteiger partial charge is 0.497 e. The monoisotopic (exact) mass is 278 g/mol. The van der Waals surface area contributed by atoms with Crippen molar-refractivity contribution in [2.75, 3.05) is 33.1 Å². The fraction of sp³-hybridized carbons (Fsp3) is 0.385. The maximum Gasteiger partial charge on any atom is 0.205 e. The van der Waals surface area contributed by atoms with Gasteiger partial charge in [-0.25, -0.2) is 0 Å². The van der Waals surface area contributed by atoms with Crippen LogP contribution in [0.25, 0.3) is 0 Å². The molecule has 0 aliphatic heterocycles. The van der Waals surface area contributed by atoms with E-state index in [0.29, 0.717) is 0 Å². The van der Waals surface area contributed by atoms with Crippen LogP contribution >= 0.6 is 11.3 Å². The maximum atomic E-state index is 5.28. The zero-order valence-corrected chi connectivity index (χ0v) is 12.1. The highest BCUT2D eigenvalue weighted by molar-refractivity contribution is 7.13. The van der Waals surface area contributed by atoms with Crippen LogP contribution in [0, 0.1) is 0 Å². The van der Waals surface area contributed by atoms with Gasteiger partial charge in [-0.2, -0.15) is 0 Å². The lowest BCUT2D eigenvalue weighted by atomic mass is 10.1. The van der Waals surface area contributed by atoms with Crippen LogP contribution in [-0.2, 0) is 0 Å². The second kappa shape index (κ2) is 6.49. The quantitative estimate of drug-likeness (QED) is 0.878. The maximum absolute atomic E-state index is 5.28. The van der Waals surface area contributed by atoms with Crippen LogP contribution in [0.5, 0.6) is 5.75 Å². The van der Waals surface area contributed by atoms with Crippen LogP contribution in [0.15, 0.2) is 29.8 Å². The van der Waals surface area contributed by atoms with Crippen LogP contribution in [0.4, 0.5) is 5.13 Å². The Morgan fingerprint density at radius 2 is 2.26 bits per heavy atom. The van der Waals surface area contributed by atoms with Gasteiger partial charge in [0.15, 0.2) is 0 Å². The Bertz CT molecular complexity index is 501. The van der Waals surface area contributed by atoms with E-state index >= 15 is 0 Å². The first-order chi connectivity index (χ1) is 9.20. The molecule has 0 aliphatic rings. The molecule has 0 spiro atoms. The highest BCUT2D eigenvalue weighted by atomic mass is 32.1. The molecule has 1 N–H and O–H groups in total. The normalized spacial score (nSPS) is 12.4. The Morgan fingerprint density at radius 1 is 1.42 bits per heavy atom. The number of aromatic nitrogens is 2. The minimum Gasteiger partial charge on any atom is -0.497 e. The standard InChI is InChI=1S/C13H18N4OS/c1-17(2)12(8-14-13-16-15-9-19-13)10-5-4-6-11(7-10)18-3/h4-7,9,12H,8H2,1-3H3,(H,14,16). The molecule has 1 aromatic carbocycles. The van der Waals surface area contributed by atoms with Gasteiger partial charge in [0.05, 0.1) is 13.2 Å². The van der Waals surface area contributed by atoms with Crippen molar-refractivity contribution in [1.82, 2.24) is 15.1 Å². The molecular weight excluding hydrogens is 260 g/mol. The summed E-state index contributed by atoms with van der Waals surface area (Å²) in [6, 6.07) is 8.38. The summed E-state index contributed by atoms with van der Waals surface area (Å²) in [6.07, 6.45) is 0. The number of hydrogen-bond donors (Lipinski definition) is 1. The Balaban J connectivity index is 2.10. The summed E-state index contributed by atoms with van der Waals surface area (Å²) in [6.45, 7) is 0.773. The van der Waals surface area contributed by atoms with Crippen molar-refractivity contribution in [2.45, 2.75) is 6.04 Å². The fourth-order valence-corrected chi connectivity index (χ4v) is 2.34. The molecule has 0 saturated carbocycles. The topological polar surface area (TPSA) is 50.3 Å². The first-order valence-electron chi connectivity index (χ1n) is 6.01. The van der Waals surface area contributed by atoms with E-state index in [9.17, 15) is 0 Å². The SMILES string of the molecule is COc1cccc(C(CNc2nncs2)N(C)C)c1. The van der Waals surface area contributed by atoms with Crippen molar-refractivity contribution in [3.05, 3.63) is 35.3 Å². The number of anilines is 1. The molecule has 6 heteroatoms. The van der Waals surface area contributed by atoms with E-state index in [1.807, 2.05) is 12.1 Å². The Hall–Kier alpha value is -1.66. The predicted molar refractivity (Wildman–Crippen MR) is 77.8 cm³/mol. The first kappa shape index (κ1) is 13.8. The van der Waals surface area contributed by atoms with Gasteiger partial charge in [-0.05, 0) is 31.8 Å². The molecule has 0 aliphatic carbocycles. The molecule has 0 bridgehead atoms. The van der Waals surface area contributed by atoms with E-state index < -0.39 is 0 Å². The van der Waals surface area contributed by atoms with Gasteiger partial charge in [0.1, 0.15) is 11.3 Å². The fourth-order valence-electron chi connectivity index (χ4n) is 1.88.